The van der Waals surface area contributed by atoms with Gasteiger partial charge < -0.3 is 14.4 Å². The first-order chi connectivity index (χ1) is 13.1. The molecule has 2 atom stereocenters. The van der Waals surface area contributed by atoms with Crippen LogP contribution in [0.3, 0.4) is 0 Å². The molecule has 2 fully saturated rings. The molecule has 140 valence electrons. The van der Waals surface area contributed by atoms with Gasteiger partial charge in [-0.15, -0.1) is 0 Å². The molecule has 7 heteroatoms. The third-order valence-electron chi connectivity index (χ3n) is 6.12. The predicted molar refractivity (Wildman–Crippen MR) is 97.5 cm³/mol. The number of carbonyl (C=O) groups is 2. The molecule has 0 bridgehead atoms. The quantitative estimate of drug-likeness (QED) is 0.830. The molecule has 1 saturated carbocycles. The Bertz CT molecular complexity index is 889. The molecule has 4 heterocycles. The van der Waals surface area contributed by atoms with E-state index in [1.165, 1.54) is 18.5 Å². The van der Waals surface area contributed by atoms with E-state index < -0.39 is 0 Å². The van der Waals surface area contributed by atoms with Crippen molar-refractivity contribution in [2.45, 2.75) is 44.3 Å². The summed E-state index contributed by atoms with van der Waals surface area (Å²) in [6.45, 7) is 1.24. The van der Waals surface area contributed by atoms with E-state index in [9.17, 15) is 9.59 Å². The van der Waals surface area contributed by atoms with Crippen LogP contribution in [0.25, 0.3) is 0 Å². The Balaban J connectivity index is 1.39. The lowest BCUT2D eigenvalue weighted by molar-refractivity contribution is -0.137. The molecule has 0 unspecified atom stereocenters. The van der Waals surface area contributed by atoms with Crippen LogP contribution in [0.15, 0.2) is 30.9 Å². The molecule has 3 aliphatic rings. The predicted octanol–water partition coefficient (Wildman–Crippen LogP) is 1.72. The van der Waals surface area contributed by atoms with Crippen LogP contribution >= 0.6 is 0 Å². The van der Waals surface area contributed by atoms with Crippen LogP contribution in [0.2, 0.25) is 0 Å². The number of rotatable bonds is 3. The van der Waals surface area contributed by atoms with Crippen molar-refractivity contribution in [3.8, 4) is 0 Å². The first-order valence-electron chi connectivity index (χ1n) is 9.62. The highest BCUT2D eigenvalue weighted by molar-refractivity contribution is 5.90. The number of nitrogens with zero attached hydrogens (tertiary/aromatic N) is 5. The van der Waals surface area contributed by atoms with Crippen molar-refractivity contribution < 1.29 is 9.59 Å². The molecule has 5 rings (SSSR count). The molecule has 7 nitrogen and oxygen atoms in total. The lowest BCUT2D eigenvalue weighted by Crippen LogP contribution is -2.41. The Morgan fingerprint density at radius 3 is 2.89 bits per heavy atom. The van der Waals surface area contributed by atoms with Gasteiger partial charge in [0, 0.05) is 50.6 Å². The van der Waals surface area contributed by atoms with E-state index in [1.807, 2.05) is 23.4 Å². The lowest BCUT2D eigenvalue weighted by atomic mass is 9.92. The number of aromatic nitrogens is 3. The minimum Gasteiger partial charge on any atom is -0.338 e. The highest BCUT2D eigenvalue weighted by atomic mass is 16.2. The second-order valence-corrected chi connectivity index (χ2v) is 7.83. The van der Waals surface area contributed by atoms with Crippen LogP contribution < -0.4 is 0 Å². The smallest absolute Gasteiger partial charge is 0.229 e. The fourth-order valence-corrected chi connectivity index (χ4v) is 4.52. The molecule has 1 aliphatic carbocycles. The summed E-state index contributed by atoms with van der Waals surface area (Å²) >= 11 is 0. The maximum atomic E-state index is 13.3. The SMILES string of the molecule is CN1C(=O)C[C@@H](C(=O)N2CCc3c(ncn3C3CC3)C2)[C@@H]1c1cccnc1. The van der Waals surface area contributed by atoms with Crippen LogP contribution in [-0.4, -0.2) is 49.7 Å². The summed E-state index contributed by atoms with van der Waals surface area (Å²) in [4.78, 5) is 38.0. The minimum absolute atomic E-state index is 0.0120. The molecule has 2 aromatic heterocycles. The van der Waals surface area contributed by atoms with E-state index in [0.29, 0.717) is 19.1 Å². The summed E-state index contributed by atoms with van der Waals surface area (Å²) in [6.07, 6.45) is 8.96. The Morgan fingerprint density at radius 1 is 1.30 bits per heavy atom. The third-order valence-corrected chi connectivity index (χ3v) is 6.12. The fraction of sp³-hybridized carbons (Fsp3) is 0.500. The number of likely N-dealkylation sites (tertiary alicyclic amines) is 1. The number of amides is 2. The van der Waals surface area contributed by atoms with Gasteiger partial charge in [-0.3, -0.25) is 14.6 Å². The van der Waals surface area contributed by atoms with Crippen LogP contribution in [-0.2, 0) is 22.6 Å². The van der Waals surface area contributed by atoms with E-state index in [2.05, 4.69) is 14.5 Å². The lowest BCUT2D eigenvalue weighted by Gasteiger charge is -2.32. The van der Waals surface area contributed by atoms with Crippen LogP contribution in [0.5, 0.6) is 0 Å². The van der Waals surface area contributed by atoms with Gasteiger partial charge in [0.25, 0.3) is 0 Å². The maximum Gasteiger partial charge on any atom is 0.229 e. The highest BCUT2D eigenvalue weighted by Crippen LogP contribution is 2.40. The van der Waals surface area contributed by atoms with Crippen molar-refractivity contribution in [1.29, 1.82) is 0 Å². The molecule has 27 heavy (non-hydrogen) atoms. The van der Waals surface area contributed by atoms with Crippen LogP contribution in [0.4, 0.5) is 0 Å². The van der Waals surface area contributed by atoms with Gasteiger partial charge in [0.05, 0.1) is 30.5 Å². The second-order valence-electron chi connectivity index (χ2n) is 7.83. The van der Waals surface area contributed by atoms with Crippen molar-refractivity contribution >= 4 is 11.8 Å². The molecule has 2 aliphatic heterocycles. The number of hydrogen-bond donors (Lipinski definition) is 0. The number of pyridine rings is 1. The summed E-state index contributed by atoms with van der Waals surface area (Å²) in [5, 5.41) is 0. The first-order valence-corrected chi connectivity index (χ1v) is 9.62. The van der Waals surface area contributed by atoms with E-state index in [0.717, 1.165) is 17.7 Å². The van der Waals surface area contributed by atoms with Gasteiger partial charge in [0.1, 0.15) is 0 Å². The van der Waals surface area contributed by atoms with E-state index in [-0.39, 0.29) is 30.2 Å². The normalized spacial score (nSPS) is 25.0. The van der Waals surface area contributed by atoms with Gasteiger partial charge >= 0.3 is 0 Å². The summed E-state index contributed by atoms with van der Waals surface area (Å²) in [7, 11) is 1.78. The molecule has 0 aromatic carbocycles. The van der Waals surface area contributed by atoms with E-state index in [4.69, 9.17) is 0 Å². The Kier molecular flexibility index (Phi) is 3.77. The average Bonchev–Trinajstić information content (AvgIpc) is 3.38. The van der Waals surface area contributed by atoms with Crippen molar-refractivity contribution in [3.63, 3.8) is 0 Å². The van der Waals surface area contributed by atoms with Gasteiger partial charge in [0.15, 0.2) is 0 Å². The Hall–Kier alpha value is -2.70. The standard InChI is InChI=1S/C20H23N5O2/c1-23-18(26)9-15(19(23)13-3-2-7-21-10-13)20(27)24-8-6-17-16(11-24)22-12-25(17)14-4-5-14/h2-3,7,10,12,14-15,19H,4-6,8-9,11H2,1H3/t15-,19+/m1/s1. The zero-order chi connectivity index (χ0) is 18.5. The van der Waals surface area contributed by atoms with Gasteiger partial charge in [-0.2, -0.15) is 0 Å². The van der Waals surface area contributed by atoms with E-state index >= 15 is 0 Å². The van der Waals surface area contributed by atoms with E-state index in [1.54, 1.807) is 24.3 Å². The molecule has 2 aromatic rings. The average molecular weight is 365 g/mol. The highest BCUT2D eigenvalue weighted by Gasteiger charge is 2.45. The second kappa shape index (κ2) is 6.18. The Morgan fingerprint density at radius 2 is 2.15 bits per heavy atom. The minimum atomic E-state index is -0.362. The number of fused-ring (bicyclic) bond motifs is 1. The largest absolute Gasteiger partial charge is 0.338 e. The van der Waals surface area contributed by atoms with Crippen molar-refractivity contribution in [3.05, 3.63) is 47.8 Å². The monoisotopic (exact) mass is 365 g/mol. The topological polar surface area (TPSA) is 71.3 Å². The van der Waals surface area contributed by atoms with Crippen molar-refractivity contribution in [1.82, 2.24) is 24.3 Å². The number of hydrogen-bond acceptors (Lipinski definition) is 4. The van der Waals surface area contributed by atoms with Gasteiger partial charge in [-0.25, -0.2) is 4.98 Å². The molecule has 1 saturated heterocycles. The Labute approximate surface area is 158 Å². The summed E-state index contributed by atoms with van der Waals surface area (Å²) in [5.41, 5.74) is 3.21. The zero-order valence-electron chi connectivity index (χ0n) is 15.4. The maximum absolute atomic E-state index is 13.3. The molecular formula is C20H23N5O2. The number of carbonyl (C=O) groups excluding carboxylic acids is 2. The fourth-order valence-electron chi connectivity index (χ4n) is 4.52. The molecule has 0 spiro atoms. The van der Waals surface area contributed by atoms with Gasteiger partial charge in [-0.1, -0.05) is 6.07 Å². The van der Waals surface area contributed by atoms with Gasteiger partial charge in [0.2, 0.25) is 11.8 Å². The number of imidazole rings is 1. The van der Waals surface area contributed by atoms with Crippen LogP contribution in [0.1, 0.15) is 48.3 Å². The molecular weight excluding hydrogens is 342 g/mol. The zero-order valence-corrected chi connectivity index (χ0v) is 15.4. The summed E-state index contributed by atoms with van der Waals surface area (Å²) < 4.78 is 2.29. The molecule has 0 N–H and O–H groups in total. The van der Waals surface area contributed by atoms with Gasteiger partial charge in [-0.05, 0) is 24.5 Å². The third kappa shape index (κ3) is 2.72. The van der Waals surface area contributed by atoms with Crippen LogP contribution in [0, 0.1) is 5.92 Å². The molecule has 2 amide bonds. The summed E-state index contributed by atoms with van der Waals surface area (Å²) in [6, 6.07) is 4.16. The van der Waals surface area contributed by atoms with Crippen molar-refractivity contribution in [2.75, 3.05) is 13.6 Å². The molecule has 0 radical (unpaired) electrons. The first kappa shape index (κ1) is 16.5. The summed E-state index contributed by atoms with van der Waals surface area (Å²) in [5.74, 6) is -0.301. The van der Waals surface area contributed by atoms with Crippen molar-refractivity contribution in [2.24, 2.45) is 5.92 Å².